The summed E-state index contributed by atoms with van der Waals surface area (Å²) < 4.78 is 11.7. The van der Waals surface area contributed by atoms with Gasteiger partial charge in [-0.3, -0.25) is 4.90 Å². The molecule has 1 fully saturated rings. The first-order chi connectivity index (χ1) is 14.6. The van der Waals surface area contributed by atoms with Crippen molar-refractivity contribution in [3.05, 3.63) is 65.7 Å². The highest BCUT2D eigenvalue weighted by Gasteiger charge is 2.28. The maximum Gasteiger partial charge on any atom is 0.348 e. The molecule has 1 unspecified atom stereocenters. The van der Waals surface area contributed by atoms with E-state index in [1.54, 1.807) is 0 Å². The van der Waals surface area contributed by atoms with E-state index in [0.29, 0.717) is 32.7 Å². The van der Waals surface area contributed by atoms with Crippen molar-refractivity contribution in [2.45, 2.75) is 25.5 Å². The lowest BCUT2D eigenvalue weighted by molar-refractivity contribution is -0.167. The average molecular weight is 413 g/mol. The highest BCUT2D eigenvalue weighted by atomic mass is 16.5. The maximum absolute atomic E-state index is 11.6. The fourth-order valence-corrected chi connectivity index (χ4v) is 3.60. The van der Waals surface area contributed by atoms with E-state index in [1.165, 1.54) is 11.1 Å². The molecule has 1 heterocycles. The number of aryl methyl sites for hydroxylation is 2. The Morgan fingerprint density at radius 2 is 1.67 bits per heavy atom. The summed E-state index contributed by atoms with van der Waals surface area (Å²) in [5.74, 6) is -0.0333. The molecular formula is C24H32N2O4. The Kier molecular flexibility index (Phi) is 8.68. The van der Waals surface area contributed by atoms with Gasteiger partial charge in [0.05, 0.1) is 13.2 Å². The van der Waals surface area contributed by atoms with Gasteiger partial charge in [0.2, 0.25) is 6.23 Å². The fraction of sp³-hybridized carbons (Fsp3) is 0.458. The van der Waals surface area contributed by atoms with E-state index >= 15 is 0 Å². The van der Waals surface area contributed by atoms with Crippen molar-refractivity contribution < 1.29 is 19.4 Å². The highest BCUT2D eigenvalue weighted by Crippen LogP contribution is 2.20. The fourth-order valence-electron chi connectivity index (χ4n) is 3.60. The van der Waals surface area contributed by atoms with Crippen LogP contribution in [0, 0.1) is 0 Å². The minimum absolute atomic E-state index is 0.357. The Labute approximate surface area is 179 Å². The summed E-state index contributed by atoms with van der Waals surface area (Å²) in [4.78, 5) is 15.7. The molecule has 0 amide bonds. The van der Waals surface area contributed by atoms with E-state index in [1.807, 2.05) is 36.2 Å². The topological polar surface area (TPSA) is 62.2 Å². The summed E-state index contributed by atoms with van der Waals surface area (Å²) >= 11 is 0. The number of likely N-dealkylation sites (N-methyl/N-ethyl adjacent to an activating group) is 1. The molecule has 0 aromatic heterocycles. The summed E-state index contributed by atoms with van der Waals surface area (Å²) in [7, 11) is 2.04. The second-order valence-corrected chi connectivity index (χ2v) is 7.70. The number of benzene rings is 2. The molecule has 0 spiro atoms. The molecule has 0 bridgehead atoms. The number of carboxylic acids is 1. The molecule has 1 aliphatic heterocycles. The summed E-state index contributed by atoms with van der Waals surface area (Å²) in [5, 5.41) is 9.50. The van der Waals surface area contributed by atoms with Gasteiger partial charge in [-0.05, 0) is 37.1 Å². The first-order valence-corrected chi connectivity index (χ1v) is 10.6. The third kappa shape index (κ3) is 6.83. The Morgan fingerprint density at radius 3 is 2.40 bits per heavy atom. The molecule has 0 radical (unpaired) electrons. The van der Waals surface area contributed by atoms with Gasteiger partial charge in [0.15, 0.2) is 0 Å². The normalized spacial score (nSPS) is 16.3. The SMILES string of the molecule is CN1CCN(C(OCCCOc2ccccc2CCc2ccccc2)C(=O)O)CC1. The van der Waals surface area contributed by atoms with Gasteiger partial charge in [-0.2, -0.15) is 0 Å². The predicted octanol–water partition coefficient (Wildman–Crippen LogP) is 2.92. The molecule has 6 nitrogen and oxygen atoms in total. The third-order valence-corrected chi connectivity index (χ3v) is 5.40. The molecular weight excluding hydrogens is 380 g/mol. The quantitative estimate of drug-likeness (QED) is 0.573. The number of hydrogen-bond donors (Lipinski definition) is 1. The van der Waals surface area contributed by atoms with Gasteiger partial charge >= 0.3 is 5.97 Å². The molecule has 2 aromatic carbocycles. The van der Waals surface area contributed by atoms with Gasteiger partial charge in [-0.15, -0.1) is 0 Å². The summed E-state index contributed by atoms with van der Waals surface area (Å²) in [6.07, 6.45) is 1.65. The van der Waals surface area contributed by atoms with Gasteiger partial charge < -0.3 is 19.5 Å². The standard InChI is InChI=1S/C24H32N2O4/c1-25-14-16-26(17-15-25)23(24(27)28)30-19-7-18-29-22-11-6-5-10-21(22)13-12-20-8-3-2-4-9-20/h2-6,8-11,23H,7,12-19H2,1H3,(H,27,28). The number of carboxylic acid groups (broad SMARTS) is 1. The van der Waals surface area contributed by atoms with Crippen LogP contribution in [-0.2, 0) is 22.4 Å². The number of ether oxygens (including phenoxy) is 2. The Morgan fingerprint density at radius 1 is 0.967 bits per heavy atom. The second-order valence-electron chi connectivity index (χ2n) is 7.70. The van der Waals surface area contributed by atoms with Crippen LogP contribution in [0.1, 0.15) is 17.5 Å². The highest BCUT2D eigenvalue weighted by molar-refractivity contribution is 5.71. The Bertz CT molecular complexity index is 776. The molecule has 30 heavy (non-hydrogen) atoms. The van der Waals surface area contributed by atoms with Crippen molar-refractivity contribution in [2.75, 3.05) is 46.4 Å². The Balaban J connectivity index is 1.42. The van der Waals surface area contributed by atoms with Crippen molar-refractivity contribution >= 4 is 5.97 Å². The van der Waals surface area contributed by atoms with Crippen LogP contribution in [0.3, 0.4) is 0 Å². The molecule has 1 N–H and O–H groups in total. The van der Waals surface area contributed by atoms with Gasteiger partial charge in [0.1, 0.15) is 5.75 Å². The monoisotopic (exact) mass is 412 g/mol. The molecule has 2 aromatic rings. The van der Waals surface area contributed by atoms with Crippen LogP contribution in [0.25, 0.3) is 0 Å². The first-order valence-electron chi connectivity index (χ1n) is 10.6. The van der Waals surface area contributed by atoms with E-state index in [0.717, 1.165) is 31.7 Å². The summed E-state index contributed by atoms with van der Waals surface area (Å²) in [6, 6.07) is 18.5. The summed E-state index contributed by atoms with van der Waals surface area (Å²) in [6.45, 7) is 3.98. The molecule has 1 aliphatic rings. The zero-order chi connectivity index (χ0) is 21.2. The average Bonchev–Trinajstić information content (AvgIpc) is 2.77. The van der Waals surface area contributed by atoms with E-state index < -0.39 is 12.2 Å². The van der Waals surface area contributed by atoms with Crippen LogP contribution in [0.2, 0.25) is 0 Å². The van der Waals surface area contributed by atoms with Crippen LogP contribution in [0.4, 0.5) is 0 Å². The third-order valence-electron chi connectivity index (χ3n) is 5.40. The maximum atomic E-state index is 11.6. The number of nitrogens with zero attached hydrogens (tertiary/aromatic N) is 2. The molecule has 0 aliphatic carbocycles. The van der Waals surface area contributed by atoms with E-state index in [-0.39, 0.29) is 0 Å². The van der Waals surface area contributed by atoms with Crippen LogP contribution >= 0.6 is 0 Å². The molecule has 6 heteroatoms. The lowest BCUT2D eigenvalue weighted by atomic mass is 10.0. The van der Waals surface area contributed by atoms with Crippen LogP contribution < -0.4 is 4.74 Å². The first kappa shape index (κ1) is 22.3. The van der Waals surface area contributed by atoms with E-state index in [4.69, 9.17) is 9.47 Å². The molecule has 0 saturated carbocycles. The van der Waals surface area contributed by atoms with Gasteiger partial charge in [-0.25, -0.2) is 4.79 Å². The molecule has 1 atom stereocenters. The minimum atomic E-state index is -0.924. The largest absolute Gasteiger partial charge is 0.493 e. The molecule has 3 rings (SSSR count). The van der Waals surface area contributed by atoms with Crippen LogP contribution in [-0.4, -0.2) is 73.5 Å². The summed E-state index contributed by atoms with van der Waals surface area (Å²) in [5.41, 5.74) is 2.49. The second kappa shape index (κ2) is 11.7. The lowest BCUT2D eigenvalue weighted by Crippen LogP contribution is -2.52. The predicted molar refractivity (Wildman–Crippen MR) is 117 cm³/mol. The lowest BCUT2D eigenvalue weighted by Gasteiger charge is -2.35. The van der Waals surface area contributed by atoms with E-state index in [2.05, 4.69) is 35.2 Å². The van der Waals surface area contributed by atoms with E-state index in [9.17, 15) is 9.90 Å². The van der Waals surface area contributed by atoms with Crippen molar-refractivity contribution in [3.8, 4) is 5.75 Å². The van der Waals surface area contributed by atoms with Crippen molar-refractivity contribution in [1.29, 1.82) is 0 Å². The van der Waals surface area contributed by atoms with Gasteiger partial charge in [-0.1, -0.05) is 48.5 Å². The number of piperazine rings is 1. The smallest absolute Gasteiger partial charge is 0.348 e. The molecule has 162 valence electrons. The zero-order valence-electron chi connectivity index (χ0n) is 17.7. The van der Waals surface area contributed by atoms with Crippen LogP contribution in [0.5, 0.6) is 5.75 Å². The van der Waals surface area contributed by atoms with Crippen LogP contribution in [0.15, 0.2) is 54.6 Å². The minimum Gasteiger partial charge on any atom is -0.493 e. The molecule has 1 saturated heterocycles. The number of para-hydroxylation sites is 1. The Hall–Kier alpha value is -2.41. The number of rotatable bonds is 11. The number of hydrogen-bond acceptors (Lipinski definition) is 5. The van der Waals surface area contributed by atoms with Gasteiger partial charge in [0, 0.05) is 32.6 Å². The number of carbonyl (C=O) groups is 1. The zero-order valence-corrected chi connectivity index (χ0v) is 17.7. The number of aliphatic carboxylic acids is 1. The van der Waals surface area contributed by atoms with Crippen molar-refractivity contribution in [3.63, 3.8) is 0 Å². The van der Waals surface area contributed by atoms with Crippen molar-refractivity contribution in [1.82, 2.24) is 9.80 Å². The van der Waals surface area contributed by atoms with Gasteiger partial charge in [0.25, 0.3) is 0 Å². The van der Waals surface area contributed by atoms with Crippen molar-refractivity contribution in [2.24, 2.45) is 0 Å².